The minimum Gasteiger partial charge on any atom is -0.484 e. The molecule has 2 heterocycles. The lowest BCUT2D eigenvalue weighted by atomic mass is 9.69. The van der Waals surface area contributed by atoms with Gasteiger partial charge in [0.1, 0.15) is 22.7 Å². The van der Waals surface area contributed by atoms with Crippen LogP contribution in [0.15, 0.2) is 36.4 Å². The summed E-state index contributed by atoms with van der Waals surface area (Å²) < 4.78 is 11.0. The highest BCUT2D eigenvalue weighted by Gasteiger charge is 2.58. The summed E-state index contributed by atoms with van der Waals surface area (Å²) in [5.41, 5.74) is -1.89. The van der Waals surface area contributed by atoms with Crippen LogP contribution in [0.3, 0.4) is 0 Å². The fourth-order valence-electron chi connectivity index (χ4n) is 4.57. The number of hydrogen-bond acceptors (Lipinski definition) is 5. The van der Waals surface area contributed by atoms with Crippen molar-refractivity contribution in [2.75, 3.05) is 20.3 Å². The SMILES string of the molecule is CN1C(=O)C2(NC(=O)COc3ccc(Cl)c(Cl)c3)CCC1(NC(=O)COc1ccc(Cl)c(Cl)c1)CC2. The van der Waals surface area contributed by atoms with Crippen molar-refractivity contribution >= 4 is 64.1 Å². The molecule has 2 aromatic carbocycles. The molecule has 0 unspecified atom stereocenters. The van der Waals surface area contributed by atoms with E-state index in [-0.39, 0.29) is 25.0 Å². The topological polar surface area (TPSA) is 97.0 Å². The van der Waals surface area contributed by atoms with Crippen LogP contribution in [0.5, 0.6) is 11.5 Å². The second-order valence-electron chi connectivity index (χ2n) is 8.80. The average molecular weight is 575 g/mol. The number of nitrogens with one attached hydrogen (secondary N) is 2. The fourth-order valence-corrected chi connectivity index (χ4v) is 5.15. The van der Waals surface area contributed by atoms with Crippen LogP contribution in [-0.4, -0.2) is 54.1 Å². The highest BCUT2D eigenvalue weighted by atomic mass is 35.5. The molecule has 12 heteroatoms. The first-order valence-corrected chi connectivity index (χ1v) is 12.6. The number of carbonyl (C=O) groups excluding carboxylic acids is 3. The van der Waals surface area contributed by atoms with Crippen LogP contribution in [0.4, 0.5) is 0 Å². The van der Waals surface area contributed by atoms with Crippen molar-refractivity contribution in [1.82, 2.24) is 15.5 Å². The van der Waals surface area contributed by atoms with E-state index in [0.717, 1.165) is 0 Å². The monoisotopic (exact) mass is 573 g/mol. The molecular formula is C24H23Cl4N3O5. The first-order chi connectivity index (χ1) is 17.0. The number of nitrogens with zero attached hydrogens (tertiary/aromatic N) is 1. The molecule has 2 aliphatic heterocycles. The second-order valence-corrected chi connectivity index (χ2v) is 10.4. The molecule has 2 N–H and O–H groups in total. The summed E-state index contributed by atoms with van der Waals surface area (Å²) >= 11 is 23.7. The Morgan fingerprint density at radius 2 is 1.28 bits per heavy atom. The molecular weight excluding hydrogens is 552 g/mol. The first-order valence-electron chi connectivity index (χ1n) is 11.1. The van der Waals surface area contributed by atoms with Crippen LogP contribution in [-0.2, 0) is 14.4 Å². The Balaban J connectivity index is 1.32. The molecule has 2 bridgehead atoms. The number of ether oxygens (including phenoxy) is 2. The second kappa shape index (κ2) is 10.5. The molecule has 2 aromatic rings. The standard InChI is InChI=1S/C24H23Cl4N3O5/c1-31-22(34)23(29-20(32)12-35-14-2-4-16(25)18(27)10-14)6-8-24(31,9-7-23)30-21(33)13-36-15-3-5-17(26)19(28)11-15/h2-5,10-11H,6-9,12-13H2,1H3,(H,29,32)(H,30,33). The van der Waals surface area contributed by atoms with E-state index in [1.165, 1.54) is 17.0 Å². The maximum Gasteiger partial charge on any atom is 0.259 e. The van der Waals surface area contributed by atoms with E-state index in [9.17, 15) is 14.4 Å². The van der Waals surface area contributed by atoms with Gasteiger partial charge < -0.3 is 25.0 Å². The van der Waals surface area contributed by atoms with Crippen molar-refractivity contribution in [2.45, 2.75) is 36.9 Å². The third-order valence-electron chi connectivity index (χ3n) is 6.56. The number of carbonyl (C=O) groups is 3. The Bertz CT molecular complexity index is 1200. The zero-order valence-corrected chi connectivity index (χ0v) is 22.2. The summed E-state index contributed by atoms with van der Waals surface area (Å²) in [5.74, 6) is -0.296. The van der Waals surface area contributed by atoms with Gasteiger partial charge in [-0.2, -0.15) is 0 Å². The van der Waals surface area contributed by atoms with Crippen LogP contribution in [0, 0.1) is 0 Å². The van der Waals surface area contributed by atoms with E-state index in [2.05, 4.69) is 10.6 Å². The van der Waals surface area contributed by atoms with Gasteiger partial charge in [-0.25, -0.2) is 0 Å². The van der Waals surface area contributed by atoms with Gasteiger partial charge in [0.15, 0.2) is 13.2 Å². The van der Waals surface area contributed by atoms with E-state index in [4.69, 9.17) is 55.9 Å². The van der Waals surface area contributed by atoms with Gasteiger partial charge in [-0.3, -0.25) is 14.4 Å². The van der Waals surface area contributed by atoms with Gasteiger partial charge >= 0.3 is 0 Å². The highest BCUT2D eigenvalue weighted by Crippen LogP contribution is 2.44. The molecule has 3 aliphatic rings. The summed E-state index contributed by atoms with van der Waals surface area (Å²) in [6, 6.07) is 9.39. The van der Waals surface area contributed by atoms with E-state index < -0.39 is 17.1 Å². The fraction of sp³-hybridized carbons (Fsp3) is 0.375. The molecule has 1 aliphatic carbocycles. The molecule has 5 rings (SSSR count). The molecule has 0 radical (unpaired) electrons. The average Bonchev–Trinajstić information content (AvgIpc) is 2.85. The summed E-state index contributed by atoms with van der Waals surface area (Å²) in [6.07, 6.45) is 1.70. The van der Waals surface area contributed by atoms with Crippen LogP contribution < -0.4 is 20.1 Å². The first kappa shape index (κ1) is 26.7. The Labute approximate surface area is 228 Å². The zero-order valence-electron chi connectivity index (χ0n) is 19.2. The normalized spacial score (nSPS) is 22.8. The lowest BCUT2D eigenvalue weighted by molar-refractivity contribution is -0.166. The van der Waals surface area contributed by atoms with Gasteiger partial charge in [0.25, 0.3) is 11.8 Å². The number of rotatable bonds is 8. The molecule has 3 amide bonds. The molecule has 36 heavy (non-hydrogen) atoms. The smallest absolute Gasteiger partial charge is 0.259 e. The number of fused-ring (bicyclic) bond motifs is 3. The molecule has 0 spiro atoms. The molecule has 192 valence electrons. The van der Waals surface area contributed by atoms with Gasteiger partial charge in [-0.05, 0) is 49.9 Å². The summed E-state index contributed by atoms with van der Waals surface area (Å²) in [5, 5.41) is 7.18. The maximum absolute atomic E-state index is 13.3. The van der Waals surface area contributed by atoms with E-state index >= 15 is 0 Å². The highest BCUT2D eigenvalue weighted by molar-refractivity contribution is 6.42. The largest absolute Gasteiger partial charge is 0.484 e. The Hall–Kier alpha value is -2.39. The Morgan fingerprint density at radius 1 is 0.806 bits per heavy atom. The molecule has 2 saturated heterocycles. The predicted octanol–water partition coefficient (Wildman–Crippen LogP) is 4.47. The van der Waals surface area contributed by atoms with Crippen molar-refractivity contribution in [2.24, 2.45) is 0 Å². The van der Waals surface area contributed by atoms with Gasteiger partial charge in [0.05, 0.1) is 20.1 Å². The summed E-state index contributed by atoms with van der Waals surface area (Å²) in [6.45, 7) is -0.541. The van der Waals surface area contributed by atoms with E-state index in [1.54, 1.807) is 31.3 Å². The van der Waals surface area contributed by atoms with Crippen molar-refractivity contribution in [1.29, 1.82) is 0 Å². The van der Waals surface area contributed by atoms with Gasteiger partial charge in [-0.1, -0.05) is 46.4 Å². The number of amides is 3. The lowest BCUT2D eigenvalue weighted by Crippen LogP contribution is -2.77. The van der Waals surface area contributed by atoms with E-state index in [0.29, 0.717) is 57.3 Å². The zero-order chi connectivity index (χ0) is 26.1. The van der Waals surface area contributed by atoms with Gasteiger partial charge in [-0.15, -0.1) is 0 Å². The number of likely N-dealkylation sites (N-methyl/N-ethyl adjacent to an activating group) is 1. The minimum atomic E-state index is -1.05. The van der Waals surface area contributed by atoms with Crippen LogP contribution in [0.1, 0.15) is 25.7 Å². The third kappa shape index (κ3) is 5.47. The molecule has 3 fully saturated rings. The van der Waals surface area contributed by atoms with Gasteiger partial charge in [0.2, 0.25) is 5.91 Å². The van der Waals surface area contributed by atoms with Crippen molar-refractivity contribution in [3.63, 3.8) is 0 Å². The van der Waals surface area contributed by atoms with E-state index in [1.807, 2.05) is 0 Å². The van der Waals surface area contributed by atoms with Crippen LogP contribution in [0.25, 0.3) is 0 Å². The lowest BCUT2D eigenvalue weighted by Gasteiger charge is -2.57. The molecule has 8 nitrogen and oxygen atoms in total. The summed E-state index contributed by atoms with van der Waals surface area (Å²) in [4.78, 5) is 40.0. The molecule has 0 atom stereocenters. The number of benzene rings is 2. The minimum absolute atomic E-state index is 0.254. The Kier molecular flexibility index (Phi) is 7.80. The predicted molar refractivity (Wildman–Crippen MR) is 137 cm³/mol. The number of halogens is 4. The van der Waals surface area contributed by atoms with Crippen molar-refractivity contribution in [3.05, 3.63) is 56.5 Å². The number of piperidine rings is 2. The Morgan fingerprint density at radius 3 is 1.75 bits per heavy atom. The number of hydrogen-bond donors (Lipinski definition) is 2. The maximum atomic E-state index is 13.3. The van der Waals surface area contributed by atoms with Crippen molar-refractivity contribution < 1.29 is 23.9 Å². The molecule has 0 aromatic heterocycles. The van der Waals surface area contributed by atoms with Crippen LogP contribution >= 0.6 is 46.4 Å². The van der Waals surface area contributed by atoms with Crippen molar-refractivity contribution in [3.8, 4) is 11.5 Å². The quantitative estimate of drug-likeness (QED) is 0.485. The summed E-state index contributed by atoms with van der Waals surface area (Å²) in [7, 11) is 1.62. The molecule has 1 saturated carbocycles. The van der Waals surface area contributed by atoms with Crippen LogP contribution in [0.2, 0.25) is 20.1 Å². The van der Waals surface area contributed by atoms with Gasteiger partial charge in [0, 0.05) is 19.2 Å². The third-order valence-corrected chi connectivity index (χ3v) is 8.04.